The third kappa shape index (κ3) is 2.67. The standard InChI is InChI=1S/C10H21NS/c1-8(2)11-6-4-10(5-7-11)9(3)12/h8-10,12H,4-7H2,1-3H3. The highest BCUT2D eigenvalue weighted by molar-refractivity contribution is 7.80. The molecular formula is C10H21NS. The predicted molar refractivity (Wildman–Crippen MR) is 57.9 cm³/mol. The summed E-state index contributed by atoms with van der Waals surface area (Å²) in [7, 11) is 0. The number of thiol groups is 1. The molecule has 0 amide bonds. The number of hydrogen-bond donors (Lipinski definition) is 1. The van der Waals surface area contributed by atoms with Gasteiger partial charge in [0.2, 0.25) is 0 Å². The Balaban J connectivity index is 2.30. The molecular weight excluding hydrogens is 166 g/mol. The van der Waals surface area contributed by atoms with E-state index in [9.17, 15) is 0 Å². The minimum absolute atomic E-state index is 0.583. The molecule has 0 spiro atoms. The third-order valence-corrected chi connectivity index (χ3v) is 3.41. The maximum absolute atomic E-state index is 4.50. The molecule has 1 fully saturated rings. The molecule has 72 valence electrons. The van der Waals surface area contributed by atoms with E-state index in [0.717, 1.165) is 12.0 Å². The fourth-order valence-corrected chi connectivity index (χ4v) is 2.22. The Hall–Kier alpha value is 0.310. The first-order valence-electron chi connectivity index (χ1n) is 5.03. The van der Waals surface area contributed by atoms with Gasteiger partial charge in [-0.3, -0.25) is 0 Å². The summed E-state index contributed by atoms with van der Waals surface area (Å²) >= 11 is 4.50. The van der Waals surface area contributed by atoms with Gasteiger partial charge in [0.1, 0.15) is 0 Å². The van der Waals surface area contributed by atoms with Gasteiger partial charge >= 0.3 is 0 Å². The lowest BCUT2D eigenvalue weighted by Crippen LogP contribution is -2.39. The van der Waals surface area contributed by atoms with Crippen LogP contribution in [0.15, 0.2) is 0 Å². The fourth-order valence-electron chi connectivity index (χ4n) is 1.92. The SMILES string of the molecule is CC(S)C1CCN(C(C)C)CC1. The summed E-state index contributed by atoms with van der Waals surface area (Å²) in [5.74, 6) is 0.850. The van der Waals surface area contributed by atoms with Gasteiger partial charge < -0.3 is 4.90 Å². The molecule has 0 radical (unpaired) electrons. The molecule has 12 heavy (non-hydrogen) atoms. The van der Waals surface area contributed by atoms with Crippen molar-refractivity contribution in [2.24, 2.45) is 5.92 Å². The Morgan fingerprint density at radius 3 is 2.00 bits per heavy atom. The average molecular weight is 187 g/mol. The predicted octanol–water partition coefficient (Wildman–Crippen LogP) is 2.43. The van der Waals surface area contributed by atoms with Gasteiger partial charge in [-0.25, -0.2) is 0 Å². The Morgan fingerprint density at radius 2 is 1.67 bits per heavy atom. The molecule has 1 nitrogen and oxygen atoms in total. The summed E-state index contributed by atoms with van der Waals surface area (Å²) in [6, 6.07) is 0.723. The van der Waals surface area contributed by atoms with Crippen molar-refractivity contribution < 1.29 is 0 Å². The van der Waals surface area contributed by atoms with Crippen molar-refractivity contribution in [3.8, 4) is 0 Å². The van der Waals surface area contributed by atoms with Crippen molar-refractivity contribution >= 4 is 12.6 Å². The van der Waals surface area contributed by atoms with E-state index in [1.54, 1.807) is 0 Å². The Bertz CT molecular complexity index is 110. The van der Waals surface area contributed by atoms with E-state index in [4.69, 9.17) is 0 Å². The van der Waals surface area contributed by atoms with Crippen LogP contribution in [0.1, 0.15) is 33.6 Å². The summed E-state index contributed by atoms with van der Waals surface area (Å²) < 4.78 is 0. The third-order valence-electron chi connectivity index (χ3n) is 2.99. The minimum atomic E-state index is 0.583. The van der Waals surface area contributed by atoms with Crippen LogP contribution in [0.2, 0.25) is 0 Å². The molecule has 1 atom stereocenters. The first-order chi connectivity index (χ1) is 5.61. The molecule has 0 aromatic carbocycles. The topological polar surface area (TPSA) is 3.24 Å². The molecule has 0 saturated carbocycles. The first-order valence-corrected chi connectivity index (χ1v) is 5.55. The monoisotopic (exact) mass is 187 g/mol. The van der Waals surface area contributed by atoms with Crippen molar-refractivity contribution in [3.63, 3.8) is 0 Å². The zero-order valence-corrected chi connectivity index (χ0v) is 9.35. The molecule has 1 unspecified atom stereocenters. The molecule has 1 aliphatic heterocycles. The zero-order valence-electron chi connectivity index (χ0n) is 8.45. The van der Waals surface area contributed by atoms with Crippen LogP contribution in [0.25, 0.3) is 0 Å². The molecule has 0 aliphatic carbocycles. The van der Waals surface area contributed by atoms with Crippen LogP contribution in [0.5, 0.6) is 0 Å². The van der Waals surface area contributed by atoms with Crippen LogP contribution in [0.4, 0.5) is 0 Å². The second-order valence-electron chi connectivity index (χ2n) is 4.21. The number of hydrogen-bond acceptors (Lipinski definition) is 2. The highest BCUT2D eigenvalue weighted by Crippen LogP contribution is 2.24. The molecule has 1 rings (SSSR count). The van der Waals surface area contributed by atoms with Crippen LogP contribution in [-0.2, 0) is 0 Å². The van der Waals surface area contributed by atoms with E-state index in [-0.39, 0.29) is 0 Å². The van der Waals surface area contributed by atoms with Crippen LogP contribution in [-0.4, -0.2) is 29.3 Å². The van der Waals surface area contributed by atoms with Crippen molar-refractivity contribution in [3.05, 3.63) is 0 Å². The maximum atomic E-state index is 4.50. The summed E-state index contributed by atoms with van der Waals surface area (Å²) in [5.41, 5.74) is 0. The van der Waals surface area contributed by atoms with Crippen molar-refractivity contribution in [2.75, 3.05) is 13.1 Å². The van der Waals surface area contributed by atoms with Crippen LogP contribution < -0.4 is 0 Å². The maximum Gasteiger partial charge on any atom is 0.00385 e. The summed E-state index contributed by atoms with van der Waals surface area (Å²) in [4.78, 5) is 2.56. The molecule has 0 aromatic heterocycles. The van der Waals surface area contributed by atoms with Crippen molar-refractivity contribution in [1.82, 2.24) is 4.90 Å². The van der Waals surface area contributed by atoms with Crippen molar-refractivity contribution in [1.29, 1.82) is 0 Å². The fraction of sp³-hybridized carbons (Fsp3) is 1.00. The van der Waals surface area contributed by atoms with E-state index >= 15 is 0 Å². The van der Waals surface area contributed by atoms with E-state index in [1.165, 1.54) is 25.9 Å². The summed E-state index contributed by atoms with van der Waals surface area (Å²) in [6.45, 7) is 9.33. The van der Waals surface area contributed by atoms with Gasteiger partial charge in [-0.05, 0) is 45.7 Å². The van der Waals surface area contributed by atoms with Crippen LogP contribution in [0, 0.1) is 5.92 Å². The van der Waals surface area contributed by atoms with Gasteiger partial charge in [0.25, 0.3) is 0 Å². The second-order valence-corrected chi connectivity index (χ2v) is 5.02. The lowest BCUT2D eigenvalue weighted by atomic mass is 9.93. The molecule has 1 heterocycles. The molecule has 0 N–H and O–H groups in total. The van der Waals surface area contributed by atoms with Crippen LogP contribution in [0.3, 0.4) is 0 Å². The van der Waals surface area contributed by atoms with Gasteiger partial charge in [0.15, 0.2) is 0 Å². The zero-order chi connectivity index (χ0) is 9.14. The molecule has 0 aromatic rings. The van der Waals surface area contributed by atoms with Gasteiger partial charge in [0, 0.05) is 11.3 Å². The van der Waals surface area contributed by atoms with E-state index in [2.05, 4.69) is 38.3 Å². The van der Waals surface area contributed by atoms with E-state index in [1.807, 2.05) is 0 Å². The first kappa shape index (κ1) is 10.4. The largest absolute Gasteiger partial charge is 0.301 e. The number of likely N-dealkylation sites (tertiary alicyclic amines) is 1. The Morgan fingerprint density at radius 1 is 1.17 bits per heavy atom. The number of nitrogens with zero attached hydrogens (tertiary/aromatic N) is 1. The van der Waals surface area contributed by atoms with Crippen molar-refractivity contribution in [2.45, 2.75) is 44.9 Å². The van der Waals surface area contributed by atoms with Gasteiger partial charge in [-0.15, -0.1) is 0 Å². The quantitative estimate of drug-likeness (QED) is 0.650. The normalized spacial score (nSPS) is 24.8. The number of rotatable bonds is 2. The Kier molecular flexibility index (Phi) is 3.91. The highest BCUT2D eigenvalue weighted by Gasteiger charge is 2.22. The lowest BCUT2D eigenvalue weighted by molar-refractivity contribution is 0.150. The second kappa shape index (κ2) is 4.52. The van der Waals surface area contributed by atoms with Crippen LogP contribution >= 0.6 is 12.6 Å². The highest BCUT2D eigenvalue weighted by atomic mass is 32.1. The minimum Gasteiger partial charge on any atom is -0.301 e. The summed E-state index contributed by atoms with van der Waals surface area (Å²) in [6.07, 6.45) is 2.67. The Labute approximate surface area is 81.9 Å². The summed E-state index contributed by atoms with van der Waals surface area (Å²) in [5, 5.41) is 0.583. The lowest BCUT2D eigenvalue weighted by Gasteiger charge is -2.35. The van der Waals surface area contributed by atoms with Gasteiger partial charge in [-0.1, -0.05) is 6.92 Å². The van der Waals surface area contributed by atoms with E-state index < -0.39 is 0 Å². The molecule has 1 saturated heterocycles. The molecule has 1 aliphatic rings. The smallest absolute Gasteiger partial charge is 0.00385 e. The van der Waals surface area contributed by atoms with E-state index in [0.29, 0.717) is 5.25 Å². The molecule has 2 heteroatoms. The van der Waals surface area contributed by atoms with Gasteiger partial charge in [0.05, 0.1) is 0 Å². The average Bonchev–Trinajstić information content (AvgIpc) is 2.04. The van der Waals surface area contributed by atoms with Gasteiger partial charge in [-0.2, -0.15) is 12.6 Å². The molecule has 0 bridgehead atoms. The number of piperidine rings is 1.